The normalized spacial score (nSPS) is 26.5. The number of rotatable bonds is 6. The van der Waals surface area contributed by atoms with Crippen molar-refractivity contribution in [1.82, 2.24) is 20.1 Å². The molecule has 1 aromatic heterocycles. The van der Waals surface area contributed by atoms with Crippen LogP contribution in [0, 0.1) is 0 Å². The standard InChI is InChI=1S/C28H32N4O5/c1-36-26-11-6-17(13-29-26)19-14-31(15-19)22-4-2-3-5-24(22)37-20-7-8-21-18(12-20)16-32(28(21)35)23-9-10-25(33)30-27(23)34/h6-8,11-13,19,22-24H,2-5,9-10,14-16H2,1H3,(H,30,33,34)/t22-,23?,24-/m0/s1. The van der Waals surface area contributed by atoms with Crippen LogP contribution in [0.5, 0.6) is 11.6 Å². The van der Waals surface area contributed by atoms with Crippen LogP contribution in [0.2, 0.25) is 0 Å². The van der Waals surface area contributed by atoms with Gasteiger partial charge >= 0.3 is 0 Å². The van der Waals surface area contributed by atoms with E-state index in [0.29, 0.717) is 36.4 Å². The maximum atomic E-state index is 13.0. The fourth-order valence-corrected chi connectivity index (χ4v) is 6.18. The van der Waals surface area contributed by atoms with Gasteiger partial charge in [-0.3, -0.25) is 24.6 Å². The van der Waals surface area contributed by atoms with E-state index < -0.39 is 11.9 Å². The van der Waals surface area contributed by atoms with Gasteiger partial charge < -0.3 is 14.4 Å². The average molecular weight is 505 g/mol. The summed E-state index contributed by atoms with van der Waals surface area (Å²) >= 11 is 0. The minimum absolute atomic E-state index is 0.102. The summed E-state index contributed by atoms with van der Waals surface area (Å²) in [5, 5.41) is 2.35. The number of fused-ring (bicyclic) bond motifs is 1. The lowest BCUT2D eigenvalue weighted by molar-refractivity contribution is -0.136. The lowest BCUT2D eigenvalue weighted by Crippen LogP contribution is -2.57. The Morgan fingerprint density at radius 1 is 1.03 bits per heavy atom. The number of ether oxygens (including phenoxy) is 2. The van der Waals surface area contributed by atoms with Gasteiger partial charge in [0.1, 0.15) is 17.9 Å². The van der Waals surface area contributed by atoms with Gasteiger partial charge in [-0.05, 0) is 55.0 Å². The molecule has 4 aliphatic rings. The maximum absolute atomic E-state index is 13.0. The van der Waals surface area contributed by atoms with E-state index in [1.54, 1.807) is 12.0 Å². The second-order valence-corrected chi connectivity index (χ2v) is 10.5. The number of carbonyl (C=O) groups is 3. The van der Waals surface area contributed by atoms with Crippen LogP contribution in [-0.4, -0.2) is 70.9 Å². The molecular weight excluding hydrogens is 472 g/mol. The van der Waals surface area contributed by atoms with Gasteiger partial charge in [0.15, 0.2) is 0 Å². The van der Waals surface area contributed by atoms with E-state index in [4.69, 9.17) is 9.47 Å². The fourth-order valence-electron chi connectivity index (χ4n) is 6.18. The zero-order valence-corrected chi connectivity index (χ0v) is 21.0. The number of pyridine rings is 1. The topological polar surface area (TPSA) is 101 Å². The molecule has 2 aromatic rings. The van der Waals surface area contributed by atoms with Crippen LogP contribution >= 0.6 is 0 Å². The second kappa shape index (κ2) is 9.78. The van der Waals surface area contributed by atoms with Crippen LogP contribution in [0.15, 0.2) is 36.5 Å². The number of amides is 3. The molecule has 9 heteroatoms. The molecule has 9 nitrogen and oxygen atoms in total. The number of carbonyl (C=O) groups excluding carboxylic acids is 3. The molecule has 3 aliphatic heterocycles. The third kappa shape index (κ3) is 4.56. The minimum atomic E-state index is -0.607. The average Bonchev–Trinajstić information content (AvgIpc) is 3.20. The van der Waals surface area contributed by atoms with Crippen molar-refractivity contribution in [3.63, 3.8) is 0 Å². The zero-order chi connectivity index (χ0) is 25.5. The highest BCUT2D eigenvalue weighted by Crippen LogP contribution is 2.36. The molecule has 4 heterocycles. The summed E-state index contributed by atoms with van der Waals surface area (Å²) in [5.41, 5.74) is 2.72. The Hall–Kier alpha value is -3.46. The van der Waals surface area contributed by atoms with Crippen LogP contribution in [0.1, 0.15) is 65.9 Å². The molecule has 1 aromatic carbocycles. The van der Waals surface area contributed by atoms with Crippen LogP contribution in [-0.2, 0) is 16.1 Å². The summed E-state index contributed by atoms with van der Waals surface area (Å²) in [4.78, 5) is 45.3. The number of hydrogen-bond acceptors (Lipinski definition) is 7. The maximum Gasteiger partial charge on any atom is 0.255 e. The van der Waals surface area contributed by atoms with Crippen LogP contribution in [0.4, 0.5) is 0 Å². The molecule has 3 atom stereocenters. The molecule has 6 rings (SSSR count). The smallest absolute Gasteiger partial charge is 0.255 e. The van der Waals surface area contributed by atoms with Crippen molar-refractivity contribution in [2.75, 3.05) is 20.2 Å². The Kier molecular flexibility index (Phi) is 6.32. The lowest BCUT2D eigenvalue weighted by Gasteiger charge is -2.48. The third-order valence-electron chi connectivity index (χ3n) is 8.27. The molecule has 37 heavy (non-hydrogen) atoms. The number of imide groups is 1. The molecule has 0 bridgehead atoms. The molecule has 1 unspecified atom stereocenters. The zero-order valence-electron chi connectivity index (χ0n) is 21.0. The van der Waals surface area contributed by atoms with Crippen molar-refractivity contribution < 1.29 is 23.9 Å². The first-order chi connectivity index (χ1) is 18.0. The number of hydrogen-bond donors (Lipinski definition) is 1. The van der Waals surface area contributed by atoms with Gasteiger partial charge in [-0.1, -0.05) is 12.5 Å². The fraction of sp³-hybridized carbons (Fsp3) is 0.500. The van der Waals surface area contributed by atoms with Crippen molar-refractivity contribution in [3.05, 3.63) is 53.2 Å². The van der Waals surface area contributed by atoms with E-state index in [2.05, 4.69) is 21.3 Å². The van der Waals surface area contributed by atoms with Crippen molar-refractivity contribution in [2.24, 2.45) is 0 Å². The molecule has 194 valence electrons. The van der Waals surface area contributed by atoms with E-state index in [-0.39, 0.29) is 24.3 Å². The quantitative estimate of drug-likeness (QED) is 0.604. The van der Waals surface area contributed by atoms with Gasteiger partial charge in [0, 0.05) is 55.8 Å². The molecular formula is C28H32N4O5. The number of methoxy groups -OCH3 is 1. The number of nitrogens with one attached hydrogen (secondary N) is 1. The highest BCUT2D eigenvalue weighted by atomic mass is 16.5. The Morgan fingerprint density at radius 2 is 1.86 bits per heavy atom. The molecule has 0 spiro atoms. The summed E-state index contributed by atoms with van der Waals surface area (Å²) in [6, 6.07) is 9.42. The molecule has 3 fully saturated rings. The van der Waals surface area contributed by atoms with Gasteiger partial charge in [0.25, 0.3) is 5.91 Å². The molecule has 3 amide bonds. The van der Waals surface area contributed by atoms with Gasteiger partial charge in [-0.2, -0.15) is 0 Å². The second-order valence-electron chi connectivity index (χ2n) is 10.5. The monoisotopic (exact) mass is 504 g/mol. The van der Waals surface area contributed by atoms with Gasteiger partial charge in [0.05, 0.1) is 7.11 Å². The van der Waals surface area contributed by atoms with E-state index in [1.807, 2.05) is 30.5 Å². The number of aromatic nitrogens is 1. The van der Waals surface area contributed by atoms with E-state index in [0.717, 1.165) is 43.7 Å². The first kappa shape index (κ1) is 23.9. The van der Waals surface area contributed by atoms with Crippen molar-refractivity contribution in [3.8, 4) is 11.6 Å². The van der Waals surface area contributed by atoms with Crippen LogP contribution in [0.25, 0.3) is 0 Å². The Labute approximate surface area is 216 Å². The number of likely N-dealkylation sites (tertiary alicyclic amines) is 1. The Morgan fingerprint density at radius 3 is 2.62 bits per heavy atom. The summed E-state index contributed by atoms with van der Waals surface area (Å²) in [7, 11) is 1.63. The Balaban J connectivity index is 1.10. The first-order valence-electron chi connectivity index (χ1n) is 13.2. The van der Waals surface area contributed by atoms with Crippen molar-refractivity contribution >= 4 is 17.7 Å². The number of benzene rings is 1. The highest BCUT2D eigenvalue weighted by Gasteiger charge is 2.41. The van der Waals surface area contributed by atoms with E-state index in [9.17, 15) is 14.4 Å². The van der Waals surface area contributed by atoms with Gasteiger partial charge in [-0.25, -0.2) is 4.98 Å². The predicted molar refractivity (Wildman–Crippen MR) is 134 cm³/mol. The van der Waals surface area contributed by atoms with Gasteiger partial charge in [0.2, 0.25) is 17.7 Å². The van der Waals surface area contributed by atoms with Crippen LogP contribution < -0.4 is 14.8 Å². The molecule has 0 radical (unpaired) electrons. The van der Waals surface area contributed by atoms with Crippen LogP contribution in [0.3, 0.4) is 0 Å². The lowest BCUT2D eigenvalue weighted by atomic mass is 9.85. The summed E-state index contributed by atoms with van der Waals surface area (Å²) < 4.78 is 11.7. The largest absolute Gasteiger partial charge is 0.489 e. The number of piperidine rings is 1. The molecule has 1 N–H and O–H groups in total. The SMILES string of the molecule is COc1ccc(C2CN([C@H]3CCCC[C@@H]3Oc3ccc4c(c3)CN(C3CCC(=O)NC3=O)C4=O)C2)cn1. The van der Waals surface area contributed by atoms with Gasteiger partial charge in [-0.15, -0.1) is 0 Å². The highest BCUT2D eigenvalue weighted by molar-refractivity contribution is 6.05. The van der Waals surface area contributed by atoms with Crippen molar-refractivity contribution in [2.45, 2.75) is 69.2 Å². The van der Waals surface area contributed by atoms with Crippen molar-refractivity contribution in [1.29, 1.82) is 0 Å². The molecule has 1 saturated carbocycles. The van der Waals surface area contributed by atoms with E-state index in [1.165, 1.54) is 12.0 Å². The number of nitrogens with zero attached hydrogens (tertiary/aromatic N) is 3. The summed E-state index contributed by atoms with van der Waals surface area (Å²) in [6.45, 7) is 2.35. The molecule has 2 saturated heterocycles. The predicted octanol–water partition coefficient (Wildman–Crippen LogP) is 2.64. The summed E-state index contributed by atoms with van der Waals surface area (Å²) in [5.74, 6) is 1.05. The minimum Gasteiger partial charge on any atom is -0.489 e. The molecule has 1 aliphatic carbocycles. The third-order valence-corrected chi connectivity index (χ3v) is 8.27. The summed E-state index contributed by atoms with van der Waals surface area (Å²) in [6.07, 6.45) is 7.10. The van der Waals surface area contributed by atoms with E-state index >= 15 is 0 Å². The Bertz CT molecular complexity index is 1210. The first-order valence-corrected chi connectivity index (χ1v) is 13.2.